The number of anilines is 1. The smallest absolute Gasteiger partial charge is 0.253 e. The molecule has 0 aliphatic heterocycles. The highest BCUT2D eigenvalue weighted by molar-refractivity contribution is 5.99. The topological polar surface area (TPSA) is 81.2 Å². The molecule has 94 valence electrons. The Morgan fingerprint density at radius 3 is 3.00 bits per heavy atom. The predicted molar refractivity (Wildman–Crippen MR) is 63.2 cm³/mol. The van der Waals surface area contributed by atoms with Crippen molar-refractivity contribution in [3.63, 3.8) is 0 Å². The molecule has 0 spiro atoms. The number of nitrogens with two attached hydrogens (primary N) is 1. The highest BCUT2D eigenvalue weighted by Crippen LogP contribution is 2.15. The summed E-state index contributed by atoms with van der Waals surface area (Å²) >= 11 is 0. The molecular formula is C12H12FN3O2. The van der Waals surface area contributed by atoms with Gasteiger partial charge in [0, 0.05) is 0 Å². The Kier molecular flexibility index (Phi) is 3.27. The van der Waals surface area contributed by atoms with Gasteiger partial charge in [-0.2, -0.15) is 0 Å². The maximum atomic E-state index is 13.2. The second kappa shape index (κ2) is 4.87. The Morgan fingerprint density at radius 1 is 1.56 bits per heavy atom. The zero-order chi connectivity index (χ0) is 13.1. The minimum Gasteiger partial charge on any atom is -0.444 e. The van der Waals surface area contributed by atoms with Crippen LogP contribution in [0.15, 0.2) is 28.8 Å². The van der Waals surface area contributed by atoms with Crippen molar-refractivity contribution in [1.82, 2.24) is 10.3 Å². The van der Waals surface area contributed by atoms with Crippen LogP contribution >= 0.6 is 0 Å². The molecule has 0 saturated carbocycles. The number of nitrogen functional groups attached to an aromatic ring is 1. The standard InChI is InChI=1S/C12H12FN3O2/c1-7-5-15-10(18-7)6-16-12(17)8-3-2-4-9(13)11(8)14/h2-5H,6,14H2,1H3,(H,16,17). The van der Waals surface area contributed by atoms with Crippen LogP contribution in [0, 0.1) is 12.7 Å². The maximum Gasteiger partial charge on any atom is 0.253 e. The van der Waals surface area contributed by atoms with Crippen LogP contribution < -0.4 is 11.1 Å². The normalized spacial score (nSPS) is 10.3. The van der Waals surface area contributed by atoms with E-state index in [1.54, 1.807) is 13.1 Å². The van der Waals surface area contributed by atoms with E-state index >= 15 is 0 Å². The van der Waals surface area contributed by atoms with Gasteiger partial charge in [0.1, 0.15) is 11.6 Å². The highest BCUT2D eigenvalue weighted by atomic mass is 19.1. The lowest BCUT2D eigenvalue weighted by Crippen LogP contribution is -2.24. The summed E-state index contributed by atoms with van der Waals surface area (Å²) < 4.78 is 18.4. The van der Waals surface area contributed by atoms with Gasteiger partial charge in [-0.3, -0.25) is 4.79 Å². The molecule has 18 heavy (non-hydrogen) atoms. The first-order chi connectivity index (χ1) is 8.58. The molecule has 0 aliphatic rings. The van der Waals surface area contributed by atoms with Crippen LogP contribution in [-0.2, 0) is 6.54 Å². The number of nitrogens with zero attached hydrogens (tertiary/aromatic N) is 1. The number of hydrogen-bond donors (Lipinski definition) is 2. The van der Waals surface area contributed by atoms with Gasteiger partial charge in [-0.25, -0.2) is 9.37 Å². The number of benzene rings is 1. The van der Waals surface area contributed by atoms with Crippen LogP contribution in [0.3, 0.4) is 0 Å². The third-order valence-corrected chi connectivity index (χ3v) is 2.37. The lowest BCUT2D eigenvalue weighted by Gasteiger charge is -2.06. The molecule has 0 radical (unpaired) electrons. The molecule has 0 bridgehead atoms. The average Bonchev–Trinajstić information content (AvgIpc) is 2.76. The van der Waals surface area contributed by atoms with Crippen molar-refractivity contribution < 1.29 is 13.6 Å². The zero-order valence-electron chi connectivity index (χ0n) is 9.74. The second-order valence-electron chi connectivity index (χ2n) is 3.75. The van der Waals surface area contributed by atoms with Gasteiger partial charge in [0.15, 0.2) is 0 Å². The number of aromatic nitrogens is 1. The first-order valence-corrected chi connectivity index (χ1v) is 5.31. The number of carbonyl (C=O) groups is 1. The van der Waals surface area contributed by atoms with Gasteiger partial charge in [0.25, 0.3) is 5.91 Å². The summed E-state index contributed by atoms with van der Waals surface area (Å²) in [5.41, 5.74) is 5.41. The number of hydrogen-bond acceptors (Lipinski definition) is 4. The van der Waals surface area contributed by atoms with Gasteiger partial charge in [0.05, 0.1) is 24.0 Å². The van der Waals surface area contributed by atoms with Gasteiger partial charge in [-0.15, -0.1) is 0 Å². The third kappa shape index (κ3) is 2.48. The Hall–Kier alpha value is -2.37. The number of aryl methyl sites for hydroxylation is 1. The summed E-state index contributed by atoms with van der Waals surface area (Å²) in [5.74, 6) is -0.0437. The van der Waals surface area contributed by atoms with Crippen LogP contribution in [0.1, 0.15) is 22.0 Å². The van der Waals surface area contributed by atoms with Crippen molar-refractivity contribution >= 4 is 11.6 Å². The van der Waals surface area contributed by atoms with Crippen molar-refractivity contribution in [1.29, 1.82) is 0 Å². The maximum absolute atomic E-state index is 13.2. The summed E-state index contributed by atoms with van der Waals surface area (Å²) in [7, 11) is 0. The van der Waals surface area contributed by atoms with Crippen molar-refractivity contribution in [2.24, 2.45) is 0 Å². The van der Waals surface area contributed by atoms with E-state index in [-0.39, 0.29) is 17.8 Å². The molecule has 6 heteroatoms. The fourth-order valence-corrected chi connectivity index (χ4v) is 1.47. The van der Waals surface area contributed by atoms with E-state index < -0.39 is 11.7 Å². The fraction of sp³-hybridized carbons (Fsp3) is 0.167. The number of halogens is 1. The molecule has 1 amide bonds. The fourth-order valence-electron chi connectivity index (χ4n) is 1.47. The first-order valence-electron chi connectivity index (χ1n) is 5.31. The number of amides is 1. The summed E-state index contributed by atoms with van der Waals surface area (Å²) in [6, 6.07) is 4.08. The van der Waals surface area contributed by atoms with Crippen molar-refractivity contribution in [3.8, 4) is 0 Å². The van der Waals surface area contributed by atoms with Crippen LogP contribution in [0.2, 0.25) is 0 Å². The van der Waals surface area contributed by atoms with Crippen molar-refractivity contribution in [2.75, 3.05) is 5.73 Å². The number of oxazole rings is 1. The molecule has 0 unspecified atom stereocenters. The third-order valence-electron chi connectivity index (χ3n) is 2.37. The van der Waals surface area contributed by atoms with E-state index in [1.807, 2.05) is 0 Å². The lowest BCUT2D eigenvalue weighted by atomic mass is 10.1. The molecule has 2 aromatic rings. The largest absolute Gasteiger partial charge is 0.444 e. The van der Waals surface area contributed by atoms with Crippen molar-refractivity contribution in [3.05, 3.63) is 47.4 Å². The molecule has 3 N–H and O–H groups in total. The summed E-state index contributed by atoms with van der Waals surface area (Å²) in [5, 5.41) is 2.55. The SMILES string of the molecule is Cc1cnc(CNC(=O)c2cccc(F)c2N)o1. The van der Waals surface area contributed by atoms with E-state index in [0.717, 1.165) is 0 Å². The highest BCUT2D eigenvalue weighted by Gasteiger charge is 2.13. The molecule has 5 nitrogen and oxygen atoms in total. The Bertz CT molecular complexity index is 580. The monoisotopic (exact) mass is 249 g/mol. The van der Waals surface area contributed by atoms with E-state index in [4.69, 9.17) is 10.2 Å². The number of nitrogens with one attached hydrogen (secondary N) is 1. The second-order valence-corrected chi connectivity index (χ2v) is 3.75. The molecule has 1 aromatic carbocycles. The van der Waals surface area contributed by atoms with Crippen LogP contribution in [0.5, 0.6) is 0 Å². The van der Waals surface area contributed by atoms with E-state index in [9.17, 15) is 9.18 Å². The van der Waals surface area contributed by atoms with Crippen LogP contribution in [0.25, 0.3) is 0 Å². The van der Waals surface area contributed by atoms with Gasteiger partial charge >= 0.3 is 0 Å². The summed E-state index contributed by atoms with van der Waals surface area (Å²) in [6.45, 7) is 1.88. The Morgan fingerprint density at radius 2 is 2.33 bits per heavy atom. The summed E-state index contributed by atoms with van der Waals surface area (Å²) in [6.07, 6.45) is 1.55. The Balaban J connectivity index is 2.06. The molecule has 0 fully saturated rings. The molecule has 0 atom stereocenters. The number of carbonyl (C=O) groups excluding carboxylic acids is 1. The van der Waals surface area contributed by atoms with Crippen molar-refractivity contribution in [2.45, 2.75) is 13.5 Å². The molecule has 2 rings (SSSR count). The van der Waals surface area contributed by atoms with Crippen LogP contribution in [-0.4, -0.2) is 10.9 Å². The Labute approximate surface area is 103 Å². The predicted octanol–water partition coefficient (Wildman–Crippen LogP) is 1.63. The molecule has 0 aliphatic carbocycles. The summed E-state index contributed by atoms with van der Waals surface area (Å²) in [4.78, 5) is 15.7. The minimum atomic E-state index is -0.616. The van der Waals surface area contributed by atoms with E-state index in [1.165, 1.54) is 18.2 Å². The molecule has 1 heterocycles. The van der Waals surface area contributed by atoms with Crippen LogP contribution in [0.4, 0.5) is 10.1 Å². The molecular weight excluding hydrogens is 237 g/mol. The molecule has 0 saturated heterocycles. The van der Waals surface area contributed by atoms with E-state index in [2.05, 4.69) is 10.3 Å². The number of para-hydroxylation sites is 1. The first kappa shape index (κ1) is 12.1. The quantitative estimate of drug-likeness (QED) is 0.810. The average molecular weight is 249 g/mol. The van der Waals surface area contributed by atoms with Gasteiger partial charge < -0.3 is 15.5 Å². The number of rotatable bonds is 3. The van der Waals surface area contributed by atoms with E-state index in [0.29, 0.717) is 11.7 Å². The molecule has 1 aromatic heterocycles. The van der Waals surface area contributed by atoms with Gasteiger partial charge in [0.2, 0.25) is 5.89 Å². The van der Waals surface area contributed by atoms with Gasteiger partial charge in [-0.1, -0.05) is 6.07 Å². The minimum absolute atomic E-state index is 0.0956. The lowest BCUT2D eigenvalue weighted by molar-refractivity contribution is 0.0947. The zero-order valence-corrected chi connectivity index (χ0v) is 9.74. The van der Waals surface area contributed by atoms with Gasteiger partial charge in [-0.05, 0) is 19.1 Å².